The van der Waals surface area contributed by atoms with Gasteiger partial charge in [-0.15, -0.1) is 5.10 Å². The lowest BCUT2D eigenvalue weighted by atomic mass is 10.2. The van der Waals surface area contributed by atoms with Crippen molar-refractivity contribution in [1.82, 2.24) is 20.2 Å². The van der Waals surface area contributed by atoms with Crippen molar-refractivity contribution >= 4 is 0 Å². The molecule has 0 spiro atoms. The third-order valence-electron chi connectivity index (χ3n) is 2.48. The molecule has 7 heteroatoms. The summed E-state index contributed by atoms with van der Waals surface area (Å²) in [6.45, 7) is 1.16. The molecule has 0 aliphatic heterocycles. The van der Waals surface area contributed by atoms with Crippen LogP contribution in [0.5, 0.6) is 0 Å². The number of rotatable bonds is 5. The minimum Gasteiger partial charge on any atom is -0.330 e. The molecule has 1 aromatic heterocycles. The molecule has 0 amide bonds. The minimum absolute atomic E-state index is 0.324. The van der Waals surface area contributed by atoms with Gasteiger partial charge in [0.25, 0.3) is 0 Å². The van der Waals surface area contributed by atoms with E-state index >= 15 is 0 Å². The third-order valence-corrected chi connectivity index (χ3v) is 2.48. The van der Waals surface area contributed by atoms with Crippen LogP contribution in [0.4, 0.5) is 8.78 Å². The van der Waals surface area contributed by atoms with Crippen LogP contribution >= 0.6 is 0 Å². The van der Waals surface area contributed by atoms with Crippen molar-refractivity contribution < 1.29 is 8.78 Å². The van der Waals surface area contributed by atoms with E-state index in [2.05, 4.69) is 15.5 Å². The highest BCUT2D eigenvalue weighted by atomic mass is 19.1. The highest BCUT2D eigenvalue weighted by molar-refractivity contribution is 5.54. The predicted molar refractivity (Wildman–Crippen MR) is 61.5 cm³/mol. The molecule has 2 N–H and O–H groups in total. The van der Waals surface area contributed by atoms with Crippen LogP contribution in [0.25, 0.3) is 11.4 Å². The normalized spacial score (nSPS) is 10.8. The van der Waals surface area contributed by atoms with Gasteiger partial charge >= 0.3 is 0 Å². The molecule has 0 unspecified atom stereocenters. The van der Waals surface area contributed by atoms with Crippen molar-refractivity contribution in [3.63, 3.8) is 0 Å². The van der Waals surface area contributed by atoms with Gasteiger partial charge in [-0.2, -0.15) is 0 Å². The lowest BCUT2D eigenvalue weighted by Crippen LogP contribution is -2.06. The van der Waals surface area contributed by atoms with E-state index in [1.54, 1.807) is 0 Å². The molecule has 0 atom stereocenters. The van der Waals surface area contributed by atoms with E-state index < -0.39 is 11.6 Å². The van der Waals surface area contributed by atoms with E-state index in [1.165, 1.54) is 16.8 Å². The summed E-state index contributed by atoms with van der Waals surface area (Å²) in [5.74, 6) is -0.951. The van der Waals surface area contributed by atoms with Gasteiger partial charge < -0.3 is 5.73 Å². The molecular weight excluding hydrogens is 240 g/mol. The lowest BCUT2D eigenvalue weighted by molar-refractivity contribution is 0.547. The van der Waals surface area contributed by atoms with Crippen LogP contribution in [-0.4, -0.2) is 26.8 Å². The zero-order valence-corrected chi connectivity index (χ0v) is 9.68. The van der Waals surface area contributed by atoms with Gasteiger partial charge in [0.05, 0.1) is 0 Å². The average molecular weight is 253 g/mol. The first kappa shape index (κ1) is 12.6. The second-order valence-electron chi connectivity index (χ2n) is 3.88. The molecule has 1 heterocycles. The Morgan fingerprint density at radius 3 is 2.50 bits per heavy atom. The summed E-state index contributed by atoms with van der Waals surface area (Å²) in [7, 11) is 0. The van der Waals surface area contributed by atoms with Crippen molar-refractivity contribution in [2.24, 2.45) is 5.73 Å². The smallest absolute Gasteiger partial charge is 0.182 e. The van der Waals surface area contributed by atoms with E-state index in [-0.39, 0.29) is 0 Å². The summed E-state index contributed by atoms with van der Waals surface area (Å²) >= 11 is 0. The first-order valence-corrected chi connectivity index (χ1v) is 5.63. The van der Waals surface area contributed by atoms with E-state index in [4.69, 9.17) is 5.73 Å². The second kappa shape index (κ2) is 5.63. The Bertz CT molecular complexity index is 506. The van der Waals surface area contributed by atoms with Crippen LogP contribution in [-0.2, 0) is 6.54 Å². The zero-order valence-electron chi connectivity index (χ0n) is 9.68. The summed E-state index contributed by atoms with van der Waals surface area (Å²) < 4.78 is 27.8. The van der Waals surface area contributed by atoms with Gasteiger partial charge in [0.2, 0.25) is 0 Å². The maximum Gasteiger partial charge on any atom is 0.182 e. The number of hydrogen-bond acceptors (Lipinski definition) is 4. The van der Waals surface area contributed by atoms with Crippen LogP contribution in [0.1, 0.15) is 12.8 Å². The molecule has 0 aliphatic rings. The van der Waals surface area contributed by atoms with Gasteiger partial charge in [0.15, 0.2) is 5.82 Å². The predicted octanol–water partition coefficient (Wildman–Crippen LogP) is 1.36. The first-order valence-electron chi connectivity index (χ1n) is 5.63. The van der Waals surface area contributed by atoms with E-state index in [0.717, 1.165) is 18.9 Å². The average Bonchev–Trinajstić information content (AvgIpc) is 2.76. The van der Waals surface area contributed by atoms with Crippen molar-refractivity contribution in [3.8, 4) is 11.4 Å². The van der Waals surface area contributed by atoms with E-state index in [1.807, 2.05) is 0 Å². The molecular formula is C11H13F2N5. The van der Waals surface area contributed by atoms with Crippen LogP contribution < -0.4 is 5.73 Å². The van der Waals surface area contributed by atoms with E-state index in [0.29, 0.717) is 24.5 Å². The number of halogens is 2. The Hall–Kier alpha value is -1.89. The topological polar surface area (TPSA) is 69.6 Å². The number of hydrogen-bond donors (Lipinski definition) is 1. The zero-order chi connectivity index (χ0) is 13.0. The van der Waals surface area contributed by atoms with Crippen molar-refractivity contribution in [2.45, 2.75) is 19.4 Å². The molecule has 1 aromatic carbocycles. The third kappa shape index (κ3) is 2.86. The highest BCUT2D eigenvalue weighted by Crippen LogP contribution is 2.19. The molecule has 0 radical (unpaired) electrons. The lowest BCUT2D eigenvalue weighted by Gasteiger charge is -2.04. The summed E-state index contributed by atoms with van der Waals surface area (Å²) in [5.41, 5.74) is 5.72. The van der Waals surface area contributed by atoms with Gasteiger partial charge in [-0.3, -0.25) is 0 Å². The molecule has 2 rings (SSSR count). The van der Waals surface area contributed by atoms with Crippen LogP contribution in [0.15, 0.2) is 18.2 Å². The Balaban J connectivity index is 2.24. The van der Waals surface area contributed by atoms with Crippen LogP contribution in [0, 0.1) is 11.6 Å². The van der Waals surface area contributed by atoms with Crippen molar-refractivity contribution in [1.29, 1.82) is 0 Å². The summed E-state index contributed by atoms with van der Waals surface area (Å²) in [4.78, 5) is 0. The Labute approximate surface area is 103 Å². The molecule has 0 aliphatic carbocycles. The number of nitrogens with two attached hydrogens (primary N) is 1. The fourth-order valence-electron chi connectivity index (χ4n) is 1.65. The highest BCUT2D eigenvalue weighted by Gasteiger charge is 2.11. The fraction of sp³-hybridized carbons (Fsp3) is 0.364. The maximum atomic E-state index is 13.1. The molecule has 18 heavy (non-hydrogen) atoms. The largest absolute Gasteiger partial charge is 0.330 e. The number of nitrogens with zero attached hydrogens (tertiary/aromatic N) is 4. The number of aryl methyl sites for hydroxylation is 1. The maximum absolute atomic E-state index is 13.1. The van der Waals surface area contributed by atoms with Gasteiger partial charge in [0, 0.05) is 18.2 Å². The number of aromatic nitrogens is 4. The van der Waals surface area contributed by atoms with Crippen molar-refractivity contribution in [3.05, 3.63) is 29.8 Å². The summed E-state index contributed by atoms with van der Waals surface area (Å²) in [5, 5.41) is 11.1. The summed E-state index contributed by atoms with van der Waals surface area (Å²) in [6.07, 6.45) is 1.66. The standard InChI is InChI=1S/C11H13F2N5/c12-9-5-8(6-10(13)7-9)11-15-16-17-18(11)4-2-1-3-14/h5-7H,1-4,14H2. The summed E-state index contributed by atoms with van der Waals surface area (Å²) in [6, 6.07) is 3.22. The number of unbranched alkanes of at least 4 members (excludes halogenated alkanes) is 1. The molecule has 2 aromatic rings. The molecule has 0 bridgehead atoms. The van der Waals surface area contributed by atoms with Crippen LogP contribution in [0.2, 0.25) is 0 Å². The molecule has 0 fully saturated rings. The quantitative estimate of drug-likeness (QED) is 0.817. The molecule has 0 saturated carbocycles. The molecule has 0 saturated heterocycles. The van der Waals surface area contributed by atoms with Crippen LogP contribution in [0.3, 0.4) is 0 Å². The van der Waals surface area contributed by atoms with Gasteiger partial charge in [0.1, 0.15) is 11.6 Å². The Morgan fingerprint density at radius 2 is 1.83 bits per heavy atom. The number of tetrazole rings is 1. The van der Waals surface area contributed by atoms with Crippen molar-refractivity contribution in [2.75, 3.05) is 6.54 Å². The Kier molecular flexibility index (Phi) is 3.93. The first-order chi connectivity index (χ1) is 8.70. The fourth-order valence-corrected chi connectivity index (χ4v) is 1.65. The SMILES string of the molecule is NCCCCn1nnnc1-c1cc(F)cc(F)c1. The molecule has 96 valence electrons. The second-order valence-corrected chi connectivity index (χ2v) is 3.88. The van der Waals surface area contributed by atoms with E-state index in [9.17, 15) is 8.78 Å². The van der Waals surface area contributed by atoms with Gasteiger partial charge in [-0.05, 0) is 41.9 Å². The monoisotopic (exact) mass is 253 g/mol. The van der Waals surface area contributed by atoms with Gasteiger partial charge in [-0.1, -0.05) is 0 Å². The molecule has 5 nitrogen and oxygen atoms in total. The number of benzene rings is 1. The Morgan fingerprint density at radius 1 is 1.11 bits per heavy atom. The minimum atomic E-state index is -0.651. The van der Waals surface area contributed by atoms with Gasteiger partial charge in [-0.25, -0.2) is 13.5 Å².